The van der Waals surface area contributed by atoms with Crippen molar-refractivity contribution in [3.05, 3.63) is 89.0 Å². The summed E-state index contributed by atoms with van der Waals surface area (Å²) in [6, 6.07) is 21.8. The van der Waals surface area contributed by atoms with Gasteiger partial charge in [-0.05, 0) is 98.9 Å². The van der Waals surface area contributed by atoms with Crippen molar-refractivity contribution in [2.75, 3.05) is 41.8 Å². The highest BCUT2D eigenvalue weighted by Crippen LogP contribution is 2.30. The van der Waals surface area contributed by atoms with Crippen LogP contribution in [0.15, 0.2) is 66.7 Å². The summed E-state index contributed by atoms with van der Waals surface area (Å²) < 4.78 is 5.70. The fraction of sp³-hybridized carbons (Fsp3) is 0.394. The summed E-state index contributed by atoms with van der Waals surface area (Å²) >= 11 is 0. The number of hydrogen-bond acceptors (Lipinski definition) is 4. The van der Waals surface area contributed by atoms with Crippen LogP contribution in [0.1, 0.15) is 52.7 Å². The molecule has 1 atom stereocenters. The summed E-state index contributed by atoms with van der Waals surface area (Å²) in [5.41, 5.74) is 6.44. The molecule has 2 aliphatic heterocycles. The number of carbonyl (C=O) groups excluding carboxylic acids is 2. The van der Waals surface area contributed by atoms with Crippen molar-refractivity contribution in [2.24, 2.45) is 5.92 Å². The number of anilines is 3. The molecule has 3 amide bonds. The van der Waals surface area contributed by atoms with Gasteiger partial charge in [0.05, 0.1) is 11.7 Å². The molecule has 3 aromatic rings. The van der Waals surface area contributed by atoms with E-state index in [-0.39, 0.29) is 18.0 Å². The summed E-state index contributed by atoms with van der Waals surface area (Å²) in [4.78, 5) is 28.5. The molecule has 0 radical (unpaired) electrons. The van der Waals surface area contributed by atoms with Crippen molar-refractivity contribution < 1.29 is 14.3 Å². The molecule has 1 unspecified atom stereocenters. The lowest BCUT2D eigenvalue weighted by molar-refractivity contribution is 0.0858. The second kappa shape index (κ2) is 13.0. The Balaban J connectivity index is 1.28. The van der Waals surface area contributed by atoms with Gasteiger partial charge in [-0.15, -0.1) is 0 Å². The molecule has 0 bridgehead atoms. The predicted octanol–water partition coefficient (Wildman–Crippen LogP) is 6.32. The molecule has 7 heteroatoms. The number of amides is 3. The van der Waals surface area contributed by atoms with Gasteiger partial charge in [-0.25, -0.2) is 4.79 Å². The van der Waals surface area contributed by atoms with Crippen molar-refractivity contribution in [3.8, 4) is 0 Å². The number of piperidine rings is 1. The van der Waals surface area contributed by atoms with Crippen LogP contribution in [0.2, 0.25) is 0 Å². The monoisotopic (exact) mass is 540 g/mol. The van der Waals surface area contributed by atoms with Crippen LogP contribution < -0.4 is 20.9 Å². The maximum Gasteiger partial charge on any atom is 0.323 e. The van der Waals surface area contributed by atoms with Crippen molar-refractivity contribution in [3.63, 3.8) is 0 Å². The number of urea groups is 1. The molecule has 0 spiro atoms. The fourth-order valence-electron chi connectivity index (χ4n) is 5.62. The Labute approximate surface area is 237 Å². The molecule has 2 heterocycles. The number of aryl methyl sites for hydroxylation is 2. The lowest BCUT2D eigenvalue weighted by atomic mass is 9.89. The van der Waals surface area contributed by atoms with Gasteiger partial charge >= 0.3 is 6.03 Å². The summed E-state index contributed by atoms with van der Waals surface area (Å²) in [7, 11) is 0. The summed E-state index contributed by atoms with van der Waals surface area (Å²) in [5, 5.41) is 8.88. The molecule has 2 aliphatic rings. The first-order valence-corrected chi connectivity index (χ1v) is 14.4. The van der Waals surface area contributed by atoms with Gasteiger partial charge in [0.15, 0.2) is 0 Å². The minimum atomic E-state index is -0.344. The van der Waals surface area contributed by atoms with Gasteiger partial charge in [-0.1, -0.05) is 36.4 Å². The number of benzene rings is 3. The van der Waals surface area contributed by atoms with Crippen molar-refractivity contribution >= 4 is 29.0 Å². The van der Waals surface area contributed by atoms with Gasteiger partial charge in [-0.3, -0.25) is 4.79 Å². The van der Waals surface area contributed by atoms with E-state index in [2.05, 4.69) is 51.2 Å². The first-order chi connectivity index (χ1) is 19.4. The second-order valence-corrected chi connectivity index (χ2v) is 11.1. The van der Waals surface area contributed by atoms with Crippen LogP contribution in [0, 0.1) is 19.8 Å². The molecule has 0 saturated carbocycles. The molecule has 7 nitrogen and oxygen atoms in total. The normalized spacial score (nSPS) is 17.4. The molecular weight excluding hydrogens is 500 g/mol. The van der Waals surface area contributed by atoms with Crippen LogP contribution in [-0.4, -0.2) is 44.3 Å². The number of nitrogens with one attached hydrogen (secondary N) is 3. The molecule has 0 aliphatic carbocycles. The zero-order valence-electron chi connectivity index (χ0n) is 23.5. The van der Waals surface area contributed by atoms with E-state index in [1.807, 2.05) is 44.2 Å². The molecule has 210 valence electrons. The molecule has 3 aromatic carbocycles. The van der Waals surface area contributed by atoms with Crippen molar-refractivity contribution in [1.82, 2.24) is 5.32 Å². The van der Waals surface area contributed by atoms with Gasteiger partial charge in [0.1, 0.15) is 0 Å². The lowest BCUT2D eigenvalue weighted by Gasteiger charge is -2.35. The zero-order chi connectivity index (χ0) is 27.9. The highest BCUT2D eigenvalue weighted by Gasteiger charge is 2.25. The summed E-state index contributed by atoms with van der Waals surface area (Å²) in [6.45, 7) is 7.08. The van der Waals surface area contributed by atoms with Gasteiger partial charge in [0.25, 0.3) is 5.91 Å². The van der Waals surface area contributed by atoms with Gasteiger partial charge < -0.3 is 25.6 Å². The molecular formula is C33H40N4O3. The number of nitrogens with zero attached hydrogens (tertiary/aromatic N) is 1. The third-order valence-electron chi connectivity index (χ3n) is 8.10. The van der Waals surface area contributed by atoms with Crippen LogP contribution in [0.4, 0.5) is 21.9 Å². The van der Waals surface area contributed by atoms with E-state index in [0.717, 1.165) is 68.7 Å². The second-order valence-electron chi connectivity index (χ2n) is 11.1. The maximum absolute atomic E-state index is 13.4. The van der Waals surface area contributed by atoms with Crippen LogP contribution >= 0.6 is 0 Å². The summed E-state index contributed by atoms with van der Waals surface area (Å²) in [6.07, 6.45) is 5.28. The van der Waals surface area contributed by atoms with Gasteiger partial charge in [0.2, 0.25) is 0 Å². The van der Waals surface area contributed by atoms with Crippen LogP contribution in [0.5, 0.6) is 0 Å². The number of carbonyl (C=O) groups is 2. The lowest BCUT2D eigenvalue weighted by Crippen LogP contribution is -2.37. The van der Waals surface area contributed by atoms with E-state index in [9.17, 15) is 9.59 Å². The largest absolute Gasteiger partial charge is 0.376 e. The average Bonchev–Trinajstić information content (AvgIpc) is 3.49. The van der Waals surface area contributed by atoms with Crippen LogP contribution in [0.3, 0.4) is 0 Å². The zero-order valence-corrected chi connectivity index (χ0v) is 23.5. The third kappa shape index (κ3) is 7.21. The Hall–Kier alpha value is -3.84. The molecule has 2 fully saturated rings. The molecule has 5 rings (SSSR count). The quantitative estimate of drug-likeness (QED) is 0.312. The molecule has 2 saturated heterocycles. The molecule has 3 N–H and O–H groups in total. The maximum atomic E-state index is 13.4. The summed E-state index contributed by atoms with van der Waals surface area (Å²) in [5.74, 6) is 0.487. The van der Waals surface area contributed by atoms with Crippen LogP contribution in [-0.2, 0) is 11.2 Å². The number of rotatable bonds is 8. The Morgan fingerprint density at radius 3 is 2.30 bits per heavy atom. The number of ether oxygens (including phenoxy) is 1. The minimum absolute atomic E-state index is 0.0613. The Morgan fingerprint density at radius 1 is 0.875 bits per heavy atom. The molecule has 40 heavy (non-hydrogen) atoms. The van der Waals surface area contributed by atoms with E-state index < -0.39 is 0 Å². The van der Waals surface area contributed by atoms with Crippen molar-refractivity contribution in [1.29, 1.82) is 0 Å². The van der Waals surface area contributed by atoms with Crippen LogP contribution in [0.25, 0.3) is 0 Å². The van der Waals surface area contributed by atoms with E-state index in [1.54, 1.807) is 6.07 Å². The van der Waals surface area contributed by atoms with E-state index in [0.29, 0.717) is 23.7 Å². The van der Waals surface area contributed by atoms with Gasteiger partial charge in [-0.2, -0.15) is 0 Å². The third-order valence-corrected chi connectivity index (χ3v) is 8.10. The smallest absolute Gasteiger partial charge is 0.323 e. The number of hydrogen-bond donors (Lipinski definition) is 3. The predicted molar refractivity (Wildman–Crippen MR) is 161 cm³/mol. The van der Waals surface area contributed by atoms with E-state index in [1.165, 1.54) is 11.1 Å². The Bertz CT molecular complexity index is 1310. The van der Waals surface area contributed by atoms with E-state index >= 15 is 0 Å². The fourth-order valence-corrected chi connectivity index (χ4v) is 5.62. The minimum Gasteiger partial charge on any atom is -0.376 e. The van der Waals surface area contributed by atoms with E-state index in [4.69, 9.17) is 4.74 Å². The average molecular weight is 541 g/mol. The van der Waals surface area contributed by atoms with Crippen molar-refractivity contribution in [2.45, 2.75) is 52.1 Å². The Morgan fingerprint density at radius 2 is 1.60 bits per heavy atom. The topological polar surface area (TPSA) is 82.7 Å². The first-order valence-electron chi connectivity index (χ1n) is 14.4. The first kappa shape index (κ1) is 27.7. The molecule has 0 aromatic heterocycles. The highest BCUT2D eigenvalue weighted by molar-refractivity contribution is 6.04. The standard InChI is InChI=1S/C33H40N4O3/c1-23-10-11-27(19-24(23)2)35-33(39)36-28-12-13-31(30(21-28)32(38)34-22-29-9-6-18-40-29)37-16-14-26(15-17-37)20-25-7-4-3-5-8-25/h3-5,7-8,10-13,19,21,26,29H,6,9,14-18,20,22H2,1-2H3,(H,34,38)(H2,35,36,39). The highest BCUT2D eigenvalue weighted by atomic mass is 16.5. The van der Waals surface area contributed by atoms with Gasteiger partial charge in [0, 0.05) is 43.3 Å². The Kier molecular flexibility index (Phi) is 9.01. The SMILES string of the molecule is Cc1ccc(NC(=O)Nc2ccc(N3CCC(Cc4ccccc4)CC3)c(C(=O)NCC3CCCO3)c2)cc1C.